The van der Waals surface area contributed by atoms with Gasteiger partial charge < -0.3 is 19.6 Å². The Kier molecular flexibility index (Phi) is 9.40. The van der Waals surface area contributed by atoms with E-state index in [-0.39, 0.29) is 37.6 Å². The van der Waals surface area contributed by atoms with Gasteiger partial charge in [0.1, 0.15) is 11.4 Å². The van der Waals surface area contributed by atoms with Crippen molar-refractivity contribution in [1.29, 1.82) is 0 Å². The first-order chi connectivity index (χ1) is 18.0. The van der Waals surface area contributed by atoms with E-state index in [0.717, 1.165) is 17.1 Å². The monoisotopic (exact) mass is 699 g/mol. The maximum atomic E-state index is 10.2. The smallest absolute Gasteiger partial charge is 0.267 e. The molecule has 0 spiro atoms. The number of anilines is 1. The number of aromatic nitrogens is 2. The second kappa shape index (κ2) is 12.2. The predicted octanol–water partition coefficient (Wildman–Crippen LogP) is 7.23. The van der Waals surface area contributed by atoms with Crippen LogP contribution in [-0.4, -0.2) is 16.0 Å². The largest absolute Gasteiger partial charge is 0.511 e. The Morgan fingerprint density at radius 1 is 0.949 bits per heavy atom. The van der Waals surface area contributed by atoms with E-state index >= 15 is 0 Å². The average molecular weight is 700 g/mol. The molecule has 4 aromatic rings. The topological polar surface area (TPSA) is 44.6 Å². The fourth-order valence-corrected chi connectivity index (χ4v) is 3.95. The molecule has 1 N–H and O–H groups in total. The Morgan fingerprint density at radius 2 is 1.62 bits per heavy atom. The number of hydrogen-bond acceptors (Lipinski definition) is 2. The molecule has 4 rings (SSSR count). The van der Waals surface area contributed by atoms with Crippen LogP contribution in [0.25, 0.3) is 11.4 Å². The van der Waals surface area contributed by atoms with Crippen LogP contribution in [0.2, 0.25) is 0 Å². The van der Waals surface area contributed by atoms with Gasteiger partial charge in [-0.15, -0.1) is 6.08 Å². The Hall–Kier alpha value is -3.43. The van der Waals surface area contributed by atoms with Gasteiger partial charge in [-0.2, -0.15) is 23.9 Å². The summed E-state index contributed by atoms with van der Waals surface area (Å²) in [6, 6.07) is 23.1. The fraction of sp³-hybridized carbons (Fsp3) is 0.273. The molecule has 1 aromatic heterocycles. The molecule has 0 radical (unpaired) electrons. The van der Waals surface area contributed by atoms with Crippen LogP contribution in [-0.2, 0) is 31.9 Å². The average Bonchev–Trinajstić information content (AvgIpc) is 3.36. The van der Waals surface area contributed by atoms with Crippen molar-refractivity contribution in [2.45, 2.75) is 59.3 Å². The SMILES string of the molecule is C/C=C\N([C-]=Nc1cc(C(C)(C)C)cc(C(C)(C)C)c1)c1[c-]c(-n2[c-][n+](-c3ccccc3O)cc2)ccc1.[Pt]. The molecule has 3 aromatic carbocycles. The third-order valence-corrected chi connectivity index (χ3v) is 6.24. The summed E-state index contributed by atoms with van der Waals surface area (Å²) in [5, 5.41) is 10.2. The Bertz CT molecular complexity index is 1440. The quantitative estimate of drug-likeness (QED) is 0.0760. The third-order valence-electron chi connectivity index (χ3n) is 6.24. The van der Waals surface area contributed by atoms with Crippen LogP contribution in [0.3, 0.4) is 0 Å². The van der Waals surface area contributed by atoms with Crippen LogP contribution in [0.4, 0.5) is 11.4 Å². The molecule has 0 saturated heterocycles. The first kappa shape index (κ1) is 30.1. The minimum atomic E-state index is 0. The number of benzene rings is 3. The molecule has 0 fully saturated rings. The van der Waals surface area contributed by atoms with Gasteiger partial charge in [0.15, 0.2) is 0 Å². The molecular formula is C33H36N4OPt-2. The maximum absolute atomic E-state index is 10.2. The van der Waals surface area contributed by atoms with Crippen LogP contribution in [0.15, 0.2) is 90.3 Å². The number of aliphatic imine (C=N–C) groups is 1. The summed E-state index contributed by atoms with van der Waals surface area (Å²) >= 11 is 0. The number of para-hydroxylation sites is 2. The maximum Gasteiger partial charge on any atom is 0.267 e. The number of hydrogen-bond donors (Lipinski definition) is 1. The predicted molar refractivity (Wildman–Crippen MR) is 155 cm³/mol. The zero-order chi connectivity index (χ0) is 27.5. The van der Waals surface area contributed by atoms with E-state index in [0.29, 0.717) is 5.69 Å². The van der Waals surface area contributed by atoms with Crippen molar-refractivity contribution in [1.82, 2.24) is 4.57 Å². The van der Waals surface area contributed by atoms with Crippen molar-refractivity contribution in [2.24, 2.45) is 4.99 Å². The molecule has 1 heterocycles. The second-order valence-corrected chi connectivity index (χ2v) is 11.4. The van der Waals surface area contributed by atoms with Crippen molar-refractivity contribution < 1.29 is 30.7 Å². The van der Waals surface area contributed by atoms with Gasteiger partial charge in [0.05, 0.1) is 0 Å². The number of nitrogens with zero attached hydrogens (tertiary/aromatic N) is 4. The van der Waals surface area contributed by atoms with Crippen molar-refractivity contribution in [3.63, 3.8) is 0 Å². The van der Waals surface area contributed by atoms with E-state index in [4.69, 9.17) is 4.99 Å². The summed E-state index contributed by atoms with van der Waals surface area (Å²) in [5.74, 6) is 0.194. The van der Waals surface area contributed by atoms with Gasteiger partial charge in [-0.05, 0) is 39.8 Å². The molecule has 0 amide bonds. The molecule has 0 saturated carbocycles. The van der Waals surface area contributed by atoms with Gasteiger partial charge in [0.25, 0.3) is 6.33 Å². The van der Waals surface area contributed by atoms with E-state index in [2.05, 4.69) is 78.5 Å². The molecule has 5 nitrogen and oxygen atoms in total. The molecule has 0 aliphatic rings. The zero-order valence-corrected chi connectivity index (χ0v) is 25.9. The number of phenolic OH excluding ortho intramolecular Hbond substituents is 1. The Labute approximate surface area is 247 Å². The number of imidazole rings is 1. The van der Waals surface area contributed by atoms with Crippen molar-refractivity contribution in [2.75, 3.05) is 4.90 Å². The zero-order valence-electron chi connectivity index (χ0n) is 23.6. The fourth-order valence-electron chi connectivity index (χ4n) is 3.95. The standard InChI is InChI=1S/C33H36N4O.Pt/c1-8-16-35(23-34-27-20-25(32(2,3)4)19-26(21-27)33(5,6)7)28-12-11-13-29(22-28)36-17-18-37(24-36)30-14-9-10-15-31(30)38;/h8-21,38H,1-7H3;/q-2;/b16-8-;. The van der Waals surface area contributed by atoms with E-state index < -0.39 is 0 Å². The van der Waals surface area contributed by atoms with Crippen molar-refractivity contribution >= 4 is 17.7 Å². The summed E-state index contributed by atoms with van der Waals surface area (Å²) in [7, 11) is 0. The number of aromatic hydroxyl groups is 1. The number of allylic oxidation sites excluding steroid dienone is 1. The molecule has 6 heteroatoms. The summed E-state index contributed by atoms with van der Waals surface area (Å²) < 4.78 is 3.59. The molecule has 0 atom stereocenters. The molecule has 0 aliphatic heterocycles. The van der Waals surface area contributed by atoms with Crippen LogP contribution in [0.1, 0.15) is 59.6 Å². The van der Waals surface area contributed by atoms with Crippen LogP contribution < -0.4 is 9.47 Å². The first-order valence-electron chi connectivity index (χ1n) is 12.8. The number of rotatable bonds is 6. The summed E-state index contributed by atoms with van der Waals surface area (Å²) in [5.41, 5.74) is 5.64. The Balaban J connectivity index is 0.00000420. The Morgan fingerprint density at radius 3 is 2.23 bits per heavy atom. The summed E-state index contributed by atoms with van der Waals surface area (Å²) in [6.45, 7) is 15.3. The van der Waals surface area contributed by atoms with E-state index in [1.165, 1.54) is 11.1 Å². The van der Waals surface area contributed by atoms with E-state index in [9.17, 15) is 5.11 Å². The van der Waals surface area contributed by atoms with Crippen LogP contribution in [0, 0.1) is 12.4 Å². The van der Waals surface area contributed by atoms with Gasteiger partial charge in [0.2, 0.25) is 0 Å². The van der Waals surface area contributed by atoms with Gasteiger partial charge in [-0.25, -0.2) is 6.07 Å². The van der Waals surface area contributed by atoms with Crippen molar-refractivity contribution in [3.05, 3.63) is 109 Å². The minimum absolute atomic E-state index is 0. The van der Waals surface area contributed by atoms with Gasteiger partial charge in [-0.1, -0.05) is 90.7 Å². The summed E-state index contributed by atoms with van der Waals surface area (Å²) in [6.07, 6.45) is 14.0. The molecule has 0 aliphatic carbocycles. The number of phenols is 1. The minimum Gasteiger partial charge on any atom is -0.511 e. The molecule has 0 bridgehead atoms. The van der Waals surface area contributed by atoms with Crippen LogP contribution in [0.5, 0.6) is 5.75 Å². The molecule has 206 valence electrons. The van der Waals surface area contributed by atoms with Gasteiger partial charge in [0, 0.05) is 39.8 Å². The van der Waals surface area contributed by atoms with Gasteiger partial charge >= 0.3 is 0 Å². The normalized spacial score (nSPS) is 12.2. The molecule has 39 heavy (non-hydrogen) atoms. The van der Waals surface area contributed by atoms with Crippen LogP contribution >= 0.6 is 0 Å². The molecule has 0 unspecified atom stereocenters. The van der Waals surface area contributed by atoms with E-state index in [1.54, 1.807) is 16.7 Å². The van der Waals surface area contributed by atoms with E-state index in [1.807, 2.05) is 71.4 Å². The third kappa shape index (κ3) is 7.36. The second-order valence-electron chi connectivity index (χ2n) is 11.4. The molecular weight excluding hydrogens is 663 g/mol. The summed E-state index contributed by atoms with van der Waals surface area (Å²) in [4.78, 5) is 6.60. The van der Waals surface area contributed by atoms with Crippen molar-refractivity contribution in [3.8, 4) is 17.1 Å². The first-order valence-corrected chi connectivity index (χ1v) is 12.8. The van der Waals surface area contributed by atoms with Gasteiger partial charge in [-0.3, -0.25) is 4.57 Å².